The summed E-state index contributed by atoms with van der Waals surface area (Å²) >= 11 is 0. The van der Waals surface area contributed by atoms with Crippen LogP contribution in [0, 0.1) is 0 Å². The summed E-state index contributed by atoms with van der Waals surface area (Å²) in [5.74, 6) is 2.01. The molecule has 13 heteroatoms. The fraction of sp³-hybridized carbons (Fsp3) is 0.435. The van der Waals surface area contributed by atoms with Gasteiger partial charge in [-0.1, -0.05) is 76.2 Å². The Morgan fingerprint density at radius 2 is 1.22 bits per heavy atom. The van der Waals surface area contributed by atoms with Gasteiger partial charge in [0.2, 0.25) is 5.91 Å². The van der Waals surface area contributed by atoms with Gasteiger partial charge in [0.15, 0.2) is 12.4 Å². The molecule has 11 nitrogen and oxygen atoms in total. The zero-order chi connectivity index (χ0) is 42.2. The average Bonchev–Trinajstić information content (AvgIpc) is 3.26. The number of aliphatic hydroxyl groups excluding tert-OH is 4. The van der Waals surface area contributed by atoms with E-state index in [1.54, 1.807) is 10.8 Å². The first kappa shape index (κ1) is 49.4. The van der Waals surface area contributed by atoms with E-state index in [9.17, 15) is 25.2 Å². The smallest absolute Gasteiger partial charge is 0.220 e. The van der Waals surface area contributed by atoms with Crippen molar-refractivity contribution in [3.8, 4) is 0 Å². The number of nitrogens with two attached hydrogens (primary N) is 1. The van der Waals surface area contributed by atoms with Crippen LogP contribution in [0.15, 0.2) is 103 Å². The first-order chi connectivity index (χ1) is 29.0. The Balaban J connectivity index is 1.14. The molecule has 0 fully saturated rings. The summed E-state index contributed by atoms with van der Waals surface area (Å²) in [4.78, 5) is 16.2. The van der Waals surface area contributed by atoms with E-state index >= 15 is 0 Å². The second-order valence-corrected chi connectivity index (χ2v) is 16.5. The number of benzene rings is 2. The highest BCUT2D eigenvalue weighted by Crippen LogP contribution is 2.22. The number of aliphatic hydroxyl groups is 4. The number of nitrogens with one attached hydrogen (secondary N) is 2. The lowest BCUT2D eigenvalue weighted by Crippen LogP contribution is -2.78. The second-order valence-electron chi connectivity index (χ2n) is 13.8. The molecule has 3 rings (SSSR count). The molecule has 1 amide bonds. The van der Waals surface area contributed by atoms with Gasteiger partial charge in [-0.2, -0.15) is 0 Å². The highest BCUT2D eigenvalue weighted by molar-refractivity contribution is 8.76. The monoisotopic (exact) mass is 848 g/mol. The van der Waals surface area contributed by atoms with Crippen LogP contribution in [0.5, 0.6) is 0 Å². The summed E-state index contributed by atoms with van der Waals surface area (Å²) in [5, 5.41) is 45.8. The lowest BCUT2D eigenvalue weighted by Gasteiger charge is -2.22. The number of hydrogen-bond donors (Lipinski definition) is 7. The Bertz CT molecular complexity index is 1660. The minimum Gasteiger partial charge on any atom is -0.395 e. The first-order valence-electron chi connectivity index (χ1n) is 20.9. The summed E-state index contributed by atoms with van der Waals surface area (Å²) in [5.41, 5.74) is 6.40. The lowest BCUT2D eigenvalue weighted by molar-refractivity contribution is -0.697. The van der Waals surface area contributed by atoms with Gasteiger partial charge >= 0.3 is 0 Å². The van der Waals surface area contributed by atoms with E-state index in [0.29, 0.717) is 39.1 Å². The molecule has 0 saturated heterocycles. The SMILES string of the molecule is C/C=C(\C=C/[NH2+]CCCNC(=O)CCSSCCCNCCC[n+]1ccc(/C=C/c2ccc(N(CCO)CCO)cc2)cc1)/C=C/c1ccc(N(CCO)CCO)cc1. The van der Waals surface area contributed by atoms with Gasteiger partial charge in [-0.3, -0.25) is 4.79 Å². The number of carbonyl (C=O) groups is 1. The maximum Gasteiger partial charge on any atom is 0.220 e. The molecule has 0 aliphatic rings. The van der Waals surface area contributed by atoms with Crippen molar-refractivity contribution in [2.75, 3.05) is 100 Å². The molecule has 0 unspecified atom stereocenters. The van der Waals surface area contributed by atoms with Gasteiger partial charge in [0.25, 0.3) is 0 Å². The standard InChI is InChI=1S/C46H66N6O5S2/c1-2-40(6-7-41-10-14-44(15-11-41)51(30-34-53)31-35-54)18-26-48-22-3-25-49-46(57)21-39-59-58-38-5-24-47-23-4-27-50-28-19-43(20-29-50)9-8-42-12-16-45(17-13-42)52(32-36-55)33-37-56/h2,6-20,26,28-29,47-48,53-56H,3-5,21-25,27,30-39H2,1H3/p+2/b7-6+,26-18-,40-2-. The molecular formula is C46H68N6O5S2+2. The number of aryl methyl sites for hydroxylation is 1. The van der Waals surface area contributed by atoms with E-state index in [2.05, 4.69) is 99.8 Å². The molecule has 0 aliphatic heterocycles. The summed E-state index contributed by atoms with van der Waals surface area (Å²) < 4.78 is 2.21. The first-order valence-corrected chi connectivity index (χ1v) is 23.3. The van der Waals surface area contributed by atoms with Crippen LogP contribution in [-0.2, 0) is 11.3 Å². The molecule has 0 atom stereocenters. The zero-order valence-corrected chi connectivity index (χ0v) is 36.5. The normalized spacial score (nSPS) is 12.0. The number of pyridine rings is 1. The van der Waals surface area contributed by atoms with Crippen LogP contribution < -0.4 is 30.3 Å². The van der Waals surface area contributed by atoms with Crippen molar-refractivity contribution in [3.63, 3.8) is 0 Å². The number of aromatic nitrogens is 1. The van der Waals surface area contributed by atoms with Crippen molar-refractivity contribution in [2.24, 2.45) is 0 Å². The maximum atomic E-state index is 12.2. The van der Waals surface area contributed by atoms with E-state index in [-0.39, 0.29) is 32.3 Å². The van der Waals surface area contributed by atoms with Gasteiger partial charge in [0.1, 0.15) is 6.54 Å². The van der Waals surface area contributed by atoms with Crippen molar-refractivity contribution in [1.82, 2.24) is 10.6 Å². The Morgan fingerprint density at radius 1 is 0.678 bits per heavy atom. The third-order valence-corrected chi connectivity index (χ3v) is 11.8. The second kappa shape index (κ2) is 31.9. The van der Waals surface area contributed by atoms with E-state index < -0.39 is 0 Å². The van der Waals surface area contributed by atoms with Gasteiger partial charge < -0.3 is 46.2 Å². The highest BCUT2D eigenvalue weighted by Gasteiger charge is 2.07. The maximum absolute atomic E-state index is 12.2. The van der Waals surface area contributed by atoms with Crippen molar-refractivity contribution < 1.29 is 35.1 Å². The number of amides is 1. The molecule has 0 radical (unpaired) electrons. The third kappa shape index (κ3) is 21.8. The number of rotatable bonds is 32. The molecule has 1 aromatic heterocycles. The number of anilines is 2. The van der Waals surface area contributed by atoms with E-state index in [1.807, 2.05) is 63.9 Å². The van der Waals surface area contributed by atoms with Crippen LogP contribution in [0.3, 0.4) is 0 Å². The fourth-order valence-electron chi connectivity index (χ4n) is 6.01. The van der Waals surface area contributed by atoms with Gasteiger partial charge in [0, 0.05) is 93.5 Å². The van der Waals surface area contributed by atoms with E-state index in [0.717, 1.165) is 90.6 Å². The molecule has 0 saturated carbocycles. The molecule has 2 aromatic carbocycles. The van der Waals surface area contributed by atoms with Crippen molar-refractivity contribution in [1.29, 1.82) is 0 Å². The minimum absolute atomic E-state index is 0.0465. The molecule has 0 spiro atoms. The van der Waals surface area contributed by atoms with Crippen LogP contribution in [0.25, 0.3) is 18.2 Å². The van der Waals surface area contributed by atoms with Crippen LogP contribution in [0.2, 0.25) is 0 Å². The molecule has 0 bridgehead atoms. The summed E-state index contributed by atoms with van der Waals surface area (Å²) in [6.07, 6.45) is 22.4. The molecule has 0 aliphatic carbocycles. The fourth-order valence-corrected chi connectivity index (χ4v) is 8.09. The number of carbonyl (C=O) groups excluding carboxylic acids is 1. The van der Waals surface area contributed by atoms with Gasteiger partial charge in [-0.05, 0) is 72.5 Å². The number of hydrogen-bond acceptors (Lipinski definition) is 10. The lowest BCUT2D eigenvalue weighted by atomic mass is 10.1. The molecule has 322 valence electrons. The van der Waals surface area contributed by atoms with E-state index in [1.165, 1.54) is 0 Å². The molecule has 8 N–H and O–H groups in total. The number of allylic oxidation sites excluding steroid dienone is 4. The molecule has 1 heterocycles. The summed E-state index contributed by atoms with van der Waals surface area (Å²) in [6, 6.07) is 20.5. The largest absolute Gasteiger partial charge is 0.395 e. The van der Waals surface area contributed by atoms with Gasteiger partial charge in [0.05, 0.1) is 39.2 Å². The summed E-state index contributed by atoms with van der Waals surface area (Å²) in [7, 11) is 3.62. The van der Waals surface area contributed by atoms with Crippen LogP contribution >= 0.6 is 21.6 Å². The van der Waals surface area contributed by atoms with Crippen molar-refractivity contribution >= 4 is 57.1 Å². The number of quaternary nitrogens is 1. The quantitative estimate of drug-likeness (QED) is 0.0212. The van der Waals surface area contributed by atoms with Crippen LogP contribution in [-0.4, -0.2) is 117 Å². The van der Waals surface area contributed by atoms with Gasteiger partial charge in [-0.25, -0.2) is 4.57 Å². The zero-order valence-electron chi connectivity index (χ0n) is 34.8. The van der Waals surface area contributed by atoms with Crippen molar-refractivity contribution in [2.45, 2.75) is 39.2 Å². The minimum atomic E-state index is 0.0465. The predicted octanol–water partition coefficient (Wildman–Crippen LogP) is 4.11. The third-order valence-electron chi connectivity index (χ3n) is 9.32. The Morgan fingerprint density at radius 3 is 1.80 bits per heavy atom. The highest BCUT2D eigenvalue weighted by atomic mass is 33.1. The van der Waals surface area contributed by atoms with E-state index in [4.69, 9.17) is 0 Å². The summed E-state index contributed by atoms with van der Waals surface area (Å²) in [6.45, 7) is 8.74. The predicted molar refractivity (Wildman–Crippen MR) is 249 cm³/mol. The van der Waals surface area contributed by atoms with Crippen LogP contribution in [0.1, 0.15) is 49.3 Å². The average molecular weight is 849 g/mol. The van der Waals surface area contributed by atoms with Crippen molar-refractivity contribution in [3.05, 3.63) is 120 Å². The Hall–Kier alpha value is -3.92. The molecule has 59 heavy (non-hydrogen) atoms. The Labute approximate surface area is 360 Å². The van der Waals surface area contributed by atoms with Crippen LogP contribution in [0.4, 0.5) is 11.4 Å². The van der Waals surface area contributed by atoms with Gasteiger partial charge in [-0.15, -0.1) is 0 Å². The Kier molecular flexibility index (Phi) is 26.8. The topological polar surface area (TPSA) is 149 Å². The molecule has 3 aromatic rings. The molecular weight excluding hydrogens is 781 g/mol. The number of nitrogens with zero attached hydrogens (tertiary/aromatic N) is 3.